The van der Waals surface area contributed by atoms with Crippen LogP contribution in [0, 0.1) is 0 Å². The van der Waals surface area contributed by atoms with Crippen molar-refractivity contribution in [3.63, 3.8) is 0 Å². The molecule has 0 aliphatic carbocycles. The Labute approximate surface area is 167 Å². The van der Waals surface area contributed by atoms with Crippen molar-refractivity contribution in [2.24, 2.45) is 0 Å². The number of sulfonamides is 1. The fraction of sp³-hybridized carbons (Fsp3) is 0.500. The normalized spacial score (nSPS) is 23.7. The van der Waals surface area contributed by atoms with Crippen LogP contribution in [-0.4, -0.2) is 53.3 Å². The van der Waals surface area contributed by atoms with Crippen LogP contribution in [0.1, 0.15) is 32.6 Å². The number of esters is 1. The highest BCUT2D eigenvalue weighted by Gasteiger charge is 2.34. The summed E-state index contributed by atoms with van der Waals surface area (Å²) in [5, 5.41) is 7.88. The minimum atomic E-state index is -3.54. The van der Waals surface area contributed by atoms with E-state index in [0.717, 1.165) is 19.3 Å². The second-order valence-electron chi connectivity index (χ2n) is 6.96. The zero-order chi connectivity index (χ0) is 19.7. The molecule has 2 aliphatic heterocycles. The monoisotopic (exact) mass is 423 g/mol. The number of rotatable bonds is 5. The van der Waals surface area contributed by atoms with Crippen molar-refractivity contribution < 1.29 is 22.4 Å². The van der Waals surface area contributed by atoms with Gasteiger partial charge in [-0.2, -0.15) is 4.31 Å². The summed E-state index contributed by atoms with van der Waals surface area (Å²) in [6.45, 7) is 2.93. The van der Waals surface area contributed by atoms with Crippen LogP contribution in [0.25, 0.3) is 11.5 Å². The van der Waals surface area contributed by atoms with Crippen molar-refractivity contribution in [3.8, 4) is 11.5 Å². The number of carbonyl (C=O) groups is 1. The number of piperidine rings is 1. The number of nitrogens with zero attached hydrogens (tertiary/aromatic N) is 3. The molecule has 1 aromatic heterocycles. The SMILES string of the molecule is CC1CC(Sc2nnc(-c3cccc(S(=O)(=O)N4CCCCC4)c3)o2)C(=O)O1. The number of carbonyl (C=O) groups excluding carboxylic acids is 1. The van der Waals surface area contributed by atoms with Gasteiger partial charge in [-0.05, 0) is 49.7 Å². The van der Waals surface area contributed by atoms with Crippen molar-refractivity contribution in [2.45, 2.75) is 54.1 Å². The van der Waals surface area contributed by atoms with Gasteiger partial charge in [-0.3, -0.25) is 4.79 Å². The maximum absolute atomic E-state index is 12.9. The van der Waals surface area contributed by atoms with E-state index < -0.39 is 10.0 Å². The first kappa shape index (κ1) is 19.4. The van der Waals surface area contributed by atoms with Crippen molar-refractivity contribution in [1.29, 1.82) is 0 Å². The lowest BCUT2D eigenvalue weighted by Gasteiger charge is -2.25. The van der Waals surface area contributed by atoms with Gasteiger partial charge in [0.15, 0.2) is 0 Å². The van der Waals surface area contributed by atoms with E-state index in [2.05, 4.69) is 10.2 Å². The molecule has 2 aliphatic rings. The van der Waals surface area contributed by atoms with E-state index in [1.165, 1.54) is 16.1 Å². The molecule has 10 heteroatoms. The summed E-state index contributed by atoms with van der Waals surface area (Å²) in [6.07, 6.45) is 3.28. The lowest BCUT2D eigenvalue weighted by atomic mass is 10.2. The molecule has 0 bridgehead atoms. The first-order valence-corrected chi connectivity index (χ1v) is 11.6. The van der Waals surface area contributed by atoms with Crippen LogP contribution < -0.4 is 0 Å². The zero-order valence-electron chi connectivity index (χ0n) is 15.4. The van der Waals surface area contributed by atoms with E-state index in [1.807, 2.05) is 6.92 Å². The van der Waals surface area contributed by atoms with Gasteiger partial charge >= 0.3 is 5.97 Å². The molecule has 2 atom stereocenters. The van der Waals surface area contributed by atoms with Crippen LogP contribution in [-0.2, 0) is 19.6 Å². The molecule has 0 saturated carbocycles. The van der Waals surface area contributed by atoms with E-state index in [9.17, 15) is 13.2 Å². The van der Waals surface area contributed by atoms with Gasteiger partial charge in [0.2, 0.25) is 15.9 Å². The van der Waals surface area contributed by atoms with Crippen LogP contribution in [0.15, 0.2) is 38.8 Å². The Bertz CT molecular complexity index is 969. The van der Waals surface area contributed by atoms with Gasteiger partial charge in [0, 0.05) is 25.1 Å². The number of thioether (sulfide) groups is 1. The number of aromatic nitrogens is 2. The van der Waals surface area contributed by atoms with Gasteiger partial charge in [0.05, 0.1) is 4.90 Å². The first-order chi connectivity index (χ1) is 13.4. The molecule has 150 valence electrons. The zero-order valence-corrected chi connectivity index (χ0v) is 17.0. The molecule has 2 fully saturated rings. The maximum atomic E-state index is 12.9. The molecule has 1 aromatic carbocycles. The predicted molar refractivity (Wildman–Crippen MR) is 102 cm³/mol. The summed E-state index contributed by atoms with van der Waals surface area (Å²) >= 11 is 1.17. The molecular formula is C18H21N3O5S2. The van der Waals surface area contributed by atoms with E-state index in [0.29, 0.717) is 25.1 Å². The standard InChI is InChI=1S/C18H21N3O5S2/c1-12-10-15(17(22)25-12)27-18-20-19-16(26-18)13-6-5-7-14(11-13)28(23,24)21-8-3-2-4-9-21/h5-7,11-12,15H,2-4,8-10H2,1H3. The molecule has 0 radical (unpaired) electrons. The molecule has 2 unspecified atom stereocenters. The third-order valence-corrected chi connectivity index (χ3v) is 7.74. The van der Waals surface area contributed by atoms with E-state index in [-0.39, 0.29) is 33.3 Å². The molecule has 3 heterocycles. The van der Waals surface area contributed by atoms with Crippen LogP contribution in [0.2, 0.25) is 0 Å². The number of hydrogen-bond acceptors (Lipinski definition) is 8. The Morgan fingerprint density at radius 2 is 1.96 bits per heavy atom. The van der Waals surface area contributed by atoms with E-state index >= 15 is 0 Å². The Morgan fingerprint density at radius 1 is 1.18 bits per heavy atom. The molecule has 0 spiro atoms. The number of benzene rings is 1. The van der Waals surface area contributed by atoms with Gasteiger partial charge in [0.1, 0.15) is 11.4 Å². The van der Waals surface area contributed by atoms with Crippen molar-refractivity contribution >= 4 is 27.8 Å². The summed E-state index contributed by atoms with van der Waals surface area (Å²) in [7, 11) is -3.54. The summed E-state index contributed by atoms with van der Waals surface area (Å²) < 4.78 is 38.1. The number of hydrogen-bond donors (Lipinski definition) is 0. The molecule has 2 aromatic rings. The van der Waals surface area contributed by atoms with Gasteiger partial charge < -0.3 is 9.15 Å². The van der Waals surface area contributed by atoms with Gasteiger partial charge in [-0.1, -0.05) is 12.5 Å². The lowest BCUT2D eigenvalue weighted by molar-refractivity contribution is -0.140. The highest BCUT2D eigenvalue weighted by Crippen LogP contribution is 2.33. The Hall–Kier alpha value is -1.91. The molecule has 2 saturated heterocycles. The van der Waals surface area contributed by atoms with Gasteiger partial charge in [0.25, 0.3) is 5.22 Å². The lowest BCUT2D eigenvalue weighted by Crippen LogP contribution is -2.35. The Balaban J connectivity index is 1.53. The molecule has 4 rings (SSSR count). The summed E-state index contributed by atoms with van der Waals surface area (Å²) in [5.74, 6) is -0.0653. The summed E-state index contributed by atoms with van der Waals surface area (Å²) in [6, 6.07) is 6.52. The minimum Gasteiger partial charge on any atom is -0.462 e. The second kappa shape index (κ2) is 7.84. The average molecular weight is 424 g/mol. The second-order valence-corrected chi connectivity index (χ2v) is 10.0. The van der Waals surface area contributed by atoms with Crippen molar-refractivity contribution in [1.82, 2.24) is 14.5 Å². The highest BCUT2D eigenvalue weighted by atomic mass is 32.2. The average Bonchev–Trinajstić information content (AvgIpc) is 3.29. The smallest absolute Gasteiger partial charge is 0.320 e. The Morgan fingerprint density at radius 3 is 2.68 bits per heavy atom. The minimum absolute atomic E-state index is 0.121. The van der Waals surface area contributed by atoms with E-state index in [4.69, 9.17) is 9.15 Å². The Kier molecular flexibility index (Phi) is 5.44. The quantitative estimate of drug-likeness (QED) is 0.677. The van der Waals surface area contributed by atoms with Crippen LogP contribution in [0.4, 0.5) is 0 Å². The molecule has 0 N–H and O–H groups in total. The van der Waals surface area contributed by atoms with Crippen molar-refractivity contribution in [3.05, 3.63) is 24.3 Å². The third-order valence-electron chi connectivity index (χ3n) is 4.81. The fourth-order valence-corrected chi connectivity index (χ4v) is 5.90. The maximum Gasteiger partial charge on any atom is 0.320 e. The summed E-state index contributed by atoms with van der Waals surface area (Å²) in [5.41, 5.74) is 0.528. The number of ether oxygens (including phenoxy) is 1. The fourth-order valence-electron chi connectivity index (χ4n) is 3.36. The van der Waals surface area contributed by atoms with Crippen LogP contribution in [0.3, 0.4) is 0 Å². The van der Waals surface area contributed by atoms with Crippen molar-refractivity contribution in [2.75, 3.05) is 13.1 Å². The van der Waals surface area contributed by atoms with Gasteiger partial charge in [-0.15, -0.1) is 10.2 Å². The van der Waals surface area contributed by atoms with Crippen LogP contribution >= 0.6 is 11.8 Å². The molecule has 28 heavy (non-hydrogen) atoms. The first-order valence-electron chi connectivity index (χ1n) is 9.25. The predicted octanol–water partition coefficient (Wildman–Crippen LogP) is 2.71. The molecular weight excluding hydrogens is 402 g/mol. The van der Waals surface area contributed by atoms with E-state index in [1.54, 1.807) is 24.3 Å². The van der Waals surface area contributed by atoms with Crippen LogP contribution in [0.5, 0.6) is 0 Å². The molecule has 0 amide bonds. The third kappa shape index (κ3) is 3.94. The highest BCUT2D eigenvalue weighted by molar-refractivity contribution is 8.00. The number of cyclic esters (lactones) is 1. The summed E-state index contributed by atoms with van der Waals surface area (Å²) in [4.78, 5) is 12.0. The largest absolute Gasteiger partial charge is 0.462 e. The van der Waals surface area contributed by atoms with Gasteiger partial charge in [-0.25, -0.2) is 8.42 Å². The topological polar surface area (TPSA) is 103 Å². The molecule has 8 nitrogen and oxygen atoms in total.